The van der Waals surface area contributed by atoms with Gasteiger partial charge in [-0.2, -0.15) is 0 Å². The Morgan fingerprint density at radius 3 is 2.80 bits per heavy atom. The lowest BCUT2D eigenvalue weighted by molar-refractivity contribution is 0.205. The highest BCUT2D eigenvalue weighted by molar-refractivity contribution is 7.17. The van der Waals surface area contributed by atoms with Gasteiger partial charge in [-0.05, 0) is 17.0 Å². The second kappa shape index (κ2) is 6.25. The SMILES string of the molecule is ClCC[C@H](Oc1ccnc2ccsc12)c1ccccc1. The molecule has 3 aromatic rings. The predicted octanol–water partition coefficient (Wildman–Crippen LogP) is 5.05. The van der Waals surface area contributed by atoms with E-state index < -0.39 is 0 Å². The van der Waals surface area contributed by atoms with E-state index >= 15 is 0 Å². The summed E-state index contributed by atoms with van der Waals surface area (Å²) in [6.07, 6.45) is 2.54. The van der Waals surface area contributed by atoms with E-state index in [1.165, 1.54) is 0 Å². The first-order valence-electron chi connectivity index (χ1n) is 6.48. The van der Waals surface area contributed by atoms with Crippen molar-refractivity contribution in [1.82, 2.24) is 4.98 Å². The van der Waals surface area contributed by atoms with Crippen LogP contribution in [-0.2, 0) is 0 Å². The van der Waals surface area contributed by atoms with Gasteiger partial charge in [-0.3, -0.25) is 4.98 Å². The summed E-state index contributed by atoms with van der Waals surface area (Å²) in [5.41, 5.74) is 2.12. The third kappa shape index (κ3) is 2.79. The number of alkyl halides is 1. The molecular weight excluding hydrogens is 290 g/mol. The maximum Gasteiger partial charge on any atom is 0.141 e. The van der Waals surface area contributed by atoms with Crippen LogP contribution < -0.4 is 4.74 Å². The topological polar surface area (TPSA) is 22.1 Å². The van der Waals surface area contributed by atoms with Crippen molar-refractivity contribution in [2.75, 3.05) is 5.88 Å². The first-order valence-corrected chi connectivity index (χ1v) is 7.89. The standard InChI is InChI=1S/C16H14ClNOS/c17-9-6-14(12-4-2-1-3-5-12)19-15-7-10-18-13-8-11-20-16(13)15/h1-5,7-8,10-11,14H,6,9H2/t14-/m0/s1. The maximum atomic E-state index is 6.20. The molecule has 0 saturated carbocycles. The number of halogens is 1. The van der Waals surface area contributed by atoms with Crippen molar-refractivity contribution in [1.29, 1.82) is 0 Å². The van der Waals surface area contributed by atoms with Crippen molar-refractivity contribution in [2.45, 2.75) is 12.5 Å². The minimum atomic E-state index is -0.0265. The van der Waals surface area contributed by atoms with Crippen LogP contribution >= 0.6 is 22.9 Å². The fourth-order valence-electron chi connectivity index (χ4n) is 2.16. The number of nitrogens with zero attached hydrogens (tertiary/aromatic N) is 1. The quantitative estimate of drug-likeness (QED) is 0.616. The van der Waals surface area contributed by atoms with Gasteiger partial charge in [-0.1, -0.05) is 30.3 Å². The summed E-state index contributed by atoms with van der Waals surface area (Å²) in [5.74, 6) is 1.45. The molecule has 1 atom stereocenters. The molecular formula is C16H14ClNOS. The molecule has 0 spiro atoms. The molecule has 2 nitrogen and oxygen atoms in total. The number of aromatic nitrogens is 1. The average molecular weight is 304 g/mol. The first-order chi connectivity index (χ1) is 9.88. The summed E-state index contributed by atoms with van der Waals surface area (Å²) in [4.78, 5) is 4.33. The van der Waals surface area contributed by atoms with Gasteiger partial charge in [0.1, 0.15) is 11.9 Å². The molecule has 0 unspecified atom stereocenters. The van der Waals surface area contributed by atoms with Crippen LogP contribution in [-0.4, -0.2) is 10.9 Å². The number of hydrogen-bond acceptors (Lipinski definition) is 3. The Hall–Kier alpha value is -1.58. The van der Waals surface area contributed by atoms with Crippen molar-refractivity contribution in [3.8, 4) is 5.75 Å². The number of pyridine rings is 1. The number of hydrogen-bond donors (Lipinski definition) is 0. The predicted molar refractivity (Wildman–Crippen MR) is 84.8 cm³/mol. The van der Waals surface area contributed by atoms with Crippen LogP contribution in [0.3, 0.4) is 0 Å². The van der Waals surface area contributed by atoms with Gasteiger partial charge in [-0.25, -0.2) is 0 Å². The fourth-order valence-corrected chi connectivity index (χ4v) is 3.16. The molecule has 20 heavy (non-hydrogen) atoms. The van der Waals surface area contributed by atoms with E-state index in [1.54, 1.807) is 17.5 Å². The Bertz CT molecular complexity index is 683. The molecule has 0 aliphatic carbocycles. The van der Waals surface area contributed by atoms with E-state index in [0.717, 1.165) is 28.0 Å². The highest BCUT2D eigenvalue weighted by Crippen LogP contribution is 2.33. The lowest BCUT2D eigenvalue weighted by atomic mass is 10.1. The number of fused-ring (bicyclic) bond motifs is 1. The Morgan fingerprint density at radius 2 is 2.00 bits per heavy atom. The van der Waals surface area contributed by atoms with Gasteiger partial charge in [0, 0.05) is 24.6 Å². The largest absolute Gasteiger partial charge is 0.484 e. The van der Waals surface area contributed by atoms with Gasteiger partial charge >= 0.3 is 0 Å². The summed E-state index contributed by atoms with van der Waals surface area (Å²) < 4.78 is 7.28. The zero-order chi connectivity index (χ0) is 13.8. The van der Waals surface area contributed by atoms with Crippen LogP contribution in [0.4, 0.5) is 0 Å². The molecule has 0 fully saturated rings. The van der Waals surface area contributed by atoms with E-state index in [1.807, 2.05) is 35.7 Å². The number of ether oxygens (including phenoxy) is 1. The van der Waals surface area contributed by atoms with Gasteiger partial charge in [0.05, 0.1) is 10.2 Å². The molecule has 0 aliphatic rings. The Balaban J connectivity index is 1.92. The second-order valence-corrected chi connectivity index (χ2v) is 5.73. The minimum Gasteiger partial charge on any atom is -0.484 e. The fraction of sp³-hybridized carbons (Fsp3) is 0.188. The third-order valence-electron chi connectivity index (χ3n) is 3.12. The van der Waals surface area contributed by atoms with Crippen molar-refractivity contribution in [3.63, 3.8) is 0 Å². The van der Waals surface area contributed by atoms with Gasteiger partial charge in [0.15, 0.2) is 0 Å². The van der Waals surface area contributed by atoms with Crippen molar-refractivity contribution >= 4 is 33.2 Å². The summed E-state index contributed by atoms with van der Waals surface area (Å²) in [6.45, 7) is 0. The summed E-state index contributed by atoms with van der Waals surface area (Å²) >= 11 is 7.57. The smallest absolute Gasteiger partial charge is 0.141 e. The molecule has 0 amide bonds. The molecule has 0 saturated heterocycles. The zero-order valence-electron chi connectivity index (χ0n) is 10.8. The molecule has 3 rings (SSSR count). The van der Waals surface area contributed by atoms with E-state index in [4.69, 9.17) is 16.3 Å². The lowest BCUT2D eigenvalue weighted by Gasteiger charge is -2.19. The third-order valence-corrected chi connectivity index (χ3v) is 4.26. The van der Waals surface area contributed by atoms with Crippen LogP contribution in [0.25, 0.3) is 10.2 Å². The molecule has 0 N–H and O–H groups in total. The van der Waals surface area contributed by atoms with E-state index in [0.29, 0.717) is 5.88 Å². The van der Waals surface area contributed by atoms with Crippen LogP contribution in [0.1, 0.15) is 18.1 Å². The molecule has 2 heterocycles. The second-order valence-electron chi connectivity index (χ2n) is 4.44. The molecule has 0 aliphatic heterocycles. The van der Waals surface area contributed by atoms with Crippen molar-refractivity contribution in [2.24, 2.45) is 0 Å². The number of rotatable bonds is 5. The Labute approximate surface area is 127 Å². The molecule has 4 heteroatoms. The minimum absolute atomic E-state index is 0.0265. The van der Waals surface area contributed by atoms with Crippen molar-refractivity contribution < 1.29 is 4.74 Å². The normalized spacial score (nSPS) is 12.4. The first kappa shape index (κ1) is 13.4. The van der Waals surface area contributed by atoms with Gasteiger partial charge in [0.2, 0.25) is 0 Å². The van der Waals surface area contributed by atoms with E-state index in [-0.39, 0.29) is 6.10 Å². The van der Waals surface area contributed by atoms with Gasteiger partial charge in [-0.15, -0.1) is 22.9 Å². The monoisotopic (exact) mass is 303 g/mol. The summed E-state index contributed by atoms with van der Waals surface area (Å²) in [5, 5.41) is 2.03. The summed E-state index contributed by atoms with van der Waals surface area (Å²) in [6, 6.07) is 14.1. The van der Waals surface area contributed by atoms with E-state index in [2.05, 4.69) is 17.1 Å². The molecule has 2 aromatic heterocycles. The van der Waals surface area contributed by atoms with Crippen LogP contribution in [0, 0.1) is 0 Å². The molecule has 102 valence electrons. The van der Waals surface area contributed by atoms with Crippen LogP contribution in [0.2, 0.25) is 0 Å². The number of benzene rings is 1. The van der Waals surface area contributed by atoms with Gasteiger partial charge < -0.3 is 4.74 Å². The van der Waals surface area contributed by atoms with Crippen LogP contribution in [0.15, 0.2) is 54.0 Å². The highest BCUT2D eigenvalue weighted by atomic mass is 35.5. The zero-order valence-corrected chi connectivity index (χ0v) is 12.4. The highest BCUT2D eigenvalue weighted by Gasteiger charge is 2.14. The van der Waals surface area contributed by atoms with Crippen molar-refractivity contribution in [3.05, 3.63) is 59.6 Å². The molecule has 1 aromatic carbocycles. The number of thiophene rings is 1. The summed E-state index contributed by atoms with van der Waals surface area (Å²) in [7, 11) is 0. The Morgan fingerprint density at radius 1 is 1.15 bits per heavy atom. The molecule has 0 bridgehead atoms. The van der Waals surface area contributed by atoms with E-state index in [9.17, 15) is 0 Å². The van der Waals surface area contributed by atoms with Gasteiger partial charge in [0.25, 0.3) is 0 Å². The Kier molecular flexibility index (Phi) is 4.19. The van der Waals surface area contributed by atoms with Crippen LogP contribution in [0.5, 0.6) is 5.75 Å². The maximum absolute atomic E-state index is 6.20. The average Bonchev–Trinajstić information content (AvgIpc) is 2.97. The molecule has 0 radical (unpaired) electrons. The lowest BCUT2D eigenvalue weighted by Crippen LogP contribution is -2.08.